The van der Waals surface area contributed by atoms with Crippen molar-refractivity contribution in [2.75, 3.05) is 12.4 Å². The van der Waals surface area contributed by atoms with E-state index in [0.29, 0.717) is 34.7 Å². The summed E-state index contributed by atoms with van der Waals surface area (Å²) in [4.78, 5) is 33.5. The van der Waals surface area contributed by atoms with Gasteiger partial charge in [0.1, 0.15) is 5.75 Å². The molecule has 1 atom stereocenters. The van der Waals surface area contributed by atoms with Crippen LogP contribution >= 0.6 is 11.6 Å². The molecule has 4 rings (SSSR count). The van der Waals surface area contributed by atoms with Gasteiger partial charge in [0.05, 0.1) is 18.4 Å². The van der Waals surface area contributed by atoms with E-state index in [-0.39, 0.29) is 23.6 Å². The minimum Gasteiger partial charge on any atom is -0.497 e. The van der Waals surface area contributed by atoms with E-state index in [2.05, 4.69) is 15.3 Å². The average Bonchev–Trinajstić information content (AvgIpc) is 2.74. The molecule has 7 heteroatoms. The fraction of sp³-hybridized carbons (Fsp3) is 0.182. The fourth-order valence-electron chi connectivity index (χ4n) is 3.39. The highest BCUT2D eigenvalue weighted by Crippen LogP contribution is 2.32. The molecule has 1 aliphatic carbocycles. The monoisotopic (exact) mass is 407 g/mol. The maximum Gasteiger partial charge on any atom is 0.258 e. The number of nitrogens with one attached hydrogen (secondary N) is 1. The molecule has 0 bridgehead atoms. The van der Waals surface area contributed by atoms with Crippen LogP contribution in [-0.4, -0.2) is 28.8 Å². The van der Waals surface area contributed by atoms with Gasteiger partial charge < -0.3 is 4.74 Å². The number of methoxy groups -OCH3 is 1. The van der Waals surface area contributed by atoms with Gasteiger partial charge in [0.25, 0.3) is 5.91 Å². The smallest absolute Gasteiger partial charge is 0.258 e. The topological polar surface area (TPSA) is 81.2 Å². The molecule has 1 amide bonds. The lowest BCUT2D eigenvalue weighted by atomic mass is 9.82. The number of carbonyl (C=O) groups excluding carboxylic acids is 2. The number of anilines is 1. The van der Waals surface area contributed by atoms with E-state index in [4.69, 9.17) is 16.3 Å². The molecule has 1 aliphatic rings. The molecule has 0 fully saturated rings. The molecule has 0 saturated carbocycles. The zero-order valence-electron chi connectivity index (χ0n) is 15.7. The number of halogens is 1. The van der Waals surface area contributed by atoms with Crippen molar-refractivity contribution in [1.82, 2.24) is 9.97 Å². The number of hydrogen-bond donors (Lipinski definition) is 1. The van der Waals surface area contributed by atoms with Crippen molar-refractivity contribution in [2.45, 2.75) is 18.8 Å². The van der Waals surface area contributed by atoms with Gasteiger partial charge in [-0.05, 0) is 54.3 Å². The van der Waals surface area contributed by atoms with E-state index in [0.717, 1.165) is 11.3 Å². The summed E-state index contributed by atoms with van der Waals surface area (Å²) < 4.78 is 5.19. The SMILES string of the molecule is COc1ccc([C@@H]2CC(=O)c3cnc(NC(=O)c4ccc(Cl)cc4)nc3C2)cc1. The van der Waals surface area contributed by atoms with E-state index in [1.165, 1.54) is 6.20 Å². The summed E-state index contributed by atoms with van der Waals surface area (Å²) in [6, 6.07) is 14.2. The van der Waals surface area contributed by atoms with Crippen LogP contribution in [0.4, 0.5) is 5.95 Å². The highest BCUT2D eigenvalue weighted by Gasteiger charge is 2.28. The number of benzene rings is 2. The molecule has 0 unspecified atom stereocenters. The van der Waals surface area contributed by atoms with Gasteiger partial charge in [0.2, 0.25) is 5.95 Å². The number of ketones is 1. The summed E-state index contributed by atoms with van der Waals surface area (Å²) in [6.45, 7) is 0. The molecule has 6 nitrogen and oxygen atoms in total. The number of ether oxygens (including phenoxy) is 1. The van der Waals surface area contributed by atoms with Gasteiger partial charge in [-0.15, -0.1) is 0 Å². The lowest BCUT2D eigenvalue weighted by Crippen LogP contribution is -2.22. The molecule has 1 N–H and O–H groups in total. The number of rotatable bonds is 4. The number of aromatic nitrogens is 2. The Kier molecular flexibility index (Phi) is 5.27. The Bertz CT molecular complexity index is 1070. The zero-order valence-corrected chi connectivity index (χ0v) is 16.4. The predicted octanol–water partition coefficient (Wildman–Crippen LogP) is 4.30. The highest BCUT2D eigenvalue weighted by atomic mass is 35.5. The molecule has 1 heterocycles. The van der Waals surface area contributed by atoms with E-state index < -0.39 is 0 Å². The standard InChI is InChI=1S/C22H18ClN3O3/c1-29-17-8-4-13(5-9-17)15-10-19-18(20(27)11-15)12-24-22(25-19)26-21(28)14-2-6-16(23)7-3-14/h2-9,12,15H,10-11H2,1H3,(H,24,25,26,28)/t15-/m0/s1. The van der Waals surface area contributed by atoms with Crippen molar-refractivity contribution in [1.29, 1.82) is 0 Å². The van der Waals surface area contributed by atoms with Crippen molar-refractivity contribution >= 4 is 29.2 Å². The lowest BCUT2D eigenvalue weighted by Gasteiger charge is -2.23. The maximum atomic E-state index is 12.6. The van der Waals surface area contributed by atoms with Crippen molar-refractivity contribution in [3.63, 3.8) is 0 Å². The van der Waals surface area contributed by atoms with E-state index in [1.54, 1.807) is 31.4 Å². The Labute approximate surface area is 172 Å². The summed E-state index contributed by atoms with van der Waals surface area (Å²) >= 11 is 5.86. The predicted molar refractivity (Wildman–Crippen MR) is 110 cm³/mol. The Hall–Kier alpha value is -3.25. The summed E-state index contributed by atoms with van der Waals surface area (Å²) in [7, 11) is 1.62. The first-order valence-electron chi connectivity index (χ1n) is 9.13. The molecule has 1 aromatic heterocycles. The van der Waals surface area contributed by atoms with Crippen molar-refractivity contribution < 1.29 is 14.3 Å². The quantitative estimate of drug-likeness (QED) is 0.697. The van der Waals surface area contributed by atoms with Gasteiger partial charge in [-0.1, -0.05) is 23.7 Å². The number of amides is 1. The van der Waals surface area contributed by atoms with Crippen LogP contribution < -0.4 is 10.1 Å². The van der Waals surface area contributed by atoms with E-state index in [1.807, 2.05) is 24.3 Å². The summed E-state index contributed by atoms with van der Waals surface area (Å²) in [6.07, 6.45) is 2.49. The number of nitrogens with zero attached hydrogens (tertiary/aromatic N) is 2. The van der Waals surface area contributed by atoms with E-state index >= 15 is 0 Å². The molecule has 3 aromatic rings. The Balaban J connectivity index is 1.55. The Morgan fingerprint density at radius 2 is 1.83 bits per heavy atom. The molecule has 0 saturated heterocycles. The largest absolute Gasteiger partial charge is 0.497 e. The van der Waals surface area contributed by atoms with Crippen molar-refractivity contribution in [3.8, 4) is 5.75 Å². The van der Waals surface area contributed by atoms with Crippen LogP contribution in [0.3, 0.4) is 0 Å². The third-order valence-corrected chi connectivity index (χ3v) is 5.21. The Morgan fingerprint density at radius 1 is 1.10 bits per heavy atom. The van der Waals surface area contributed by atoms with Crippen LogP contribution in [0.15, 0.2) is 54.7 Å². The first-order chi connectivity index (χ1) is 14.0. The molecule has 29 heavy (non-hydrogen) atoms. The van der Waals surface area contributed by atoms with Gasteiger partial charge in [0.15, 0.2) is 5.78 Å². The van der Waals surface area contributed by atoms with Gasteiger partial charge >= 0.3 is 0 Å². The number of fused-ring (bicyclic) bond motifs is 1. The van der Waals surface area contributed by atoms with Crippen molar-refractivity contribution in [2.24, 2.45) is 0 Å². The summed E-state index contributed by atoms with van der Waals surface area (Å²) in [5.41, 5.74) is 2.65. The summed E-state index contributed by atoms with van der Waals surface area (Å²) in [5.74, 6) is 0.631. The van der Waals surface area contributed by atoms with Gasteiger partial charge in [-0.2, -0.15) is 0 Å². The third-order valence-electron chi connectivity index (χ3n) is 4.96. The first-order valence-corrected chi connectivity index (χ1v) is 9.51. The highest BCUT2D eigenvalue weighted by molar-refractivity contribution is 6.30. The van der Waals surface area contributed by atoms with Gasteiger partial charge in [-0.3, -0.25) is 14.9 Å². The number of carbonyl (C=O) groups is 2. The molecular formula is C22H18ClN3O3. The third kappa shape index (κ3) is 4.12. The van der Waals surface area contributed by atoms with Crippen molar-refractivity contribution in [3.05, 3.63) is 82.1 Å². The second-order valence-corrected chi connectivity index (χ2v) is 7.25. The normalized spacial score (nSPS) is 15.5. The zero-order chi connectivity index (χ0) is 20.4. The van der Waals surface area contributed by atoms with E-state index in [9.17, 15) is 9.59 Å². The number of Topliss-reactive ketones (excluding diaryl/α,β-unsaturated/α-hetero) is 1. The summed E-state index contributed by atoms with van der Waals surface area (Å²) in [5, 5.41) is 3.23. The van der Waals surface area contributed by atoms with Crippen LogP contribution in [0.25, 0.3) is 0 Å². The lowest BCUT2D eigenvalue weighted by molar-refractivity contribution is 0.0962. The molecular weight excluding hydrogens is 390 g/mol. The first kappa shape index (κ1) is 19.1. The fourth-order valence-corrected chi connectivity index (χ4v) is 3.52. The van der Waals surface area contributed by atoms with Crippen LogP contribution in [0.1, 0.15) is 44.3 Å². The van der Waals surface area contributed by atoms with Crippen LogP contribution in [0, 0.1) is 0 Å². The minimum absolute atomic E-state index is 0.00245. The Morgan fingerprint density at radius 3 is 2.52 bits per heavy atom. The van der Waals surface area contributed by atoms with Crippen LogP contribution in [0.2, 0.25) is 5.02 Å². The second-order valence-electron chi connectivity index (χ2n) is 6.82. The maximum absolute atomic E-state index is 12.6. The van der Waals surface area contributed by atoms with Crippen LogP contribution in [0.5, 0.6) is 5.75 Å². The molecule has 0 radical (unpaired) electrons. The molecule has 2 aromatic carbocycles. The minimum atomic E-state index is -0.338. The van der Waals surface area contributed by atoms with Gasteiger partial charge in [-0.25, -0.2) is 9.97 Å². The molecule has 146 valence electrons. The van der Waals surface area contributed by atoms with Crippen LogP contribution in [-0.2, 0) is 6.42 Å². The average molecular weight is 408 g/mol. The number of hydrogen-bond acceptors (Lipinski definition) is 5. The van der Waals surface area contributed by atoms with Gasteiger partial charge in [0, 0.05) is 23.2 Å². The molecule has 0 aliphatic heterocycles. The molecule has 0 spiro atoms. The second kappa shape index (κ2) is 8.01.